The molecule has 0 bridgehead atoms. The number of aromatic nitrogens is 1. The van der Waals surface area contributed by atoms with E-state index in [2.05, 4.69) is 15.6 Å². The molecular weight excluding hydrogens is 416 g/mol. The van der Waals surface area contributed by atoms with E-state index in [4.69, 9.17) is 4.74 Å². The number of hydrogen-bond acceptors (Lipinski definition) is 6. The summed E-state index contributed by atoms with van der Waals surface area (Å²) in [5.74, 6) is 0.598. The molecule has 31 heavy (non-hydrogen) atoms. The van der Waals surface area contributed by atoms with Crippen LogP contribution in [0, 0.1) is 5.92 Å². The third-order valence-corrected chi connectivity index (χ3v) is 6.53. The third-order valence-electron chi connectivity index (χ3n) is 5.77. The highest BCUT2D eigenvalue weighted by Gasteiger charge is 2.27. The predicted octanol–water partition coefficient (Wildman–Crippen LogP) is 2.97. The number of ether oxygens (including phenoxy) is 1. The van der Waals surface area contributed by atoms with E-state index in [0.29, 0.717) is 37.7 Å². The number of fused-ring (bicyclic) bond motifs is 1. The van der Waals surface area contributed by atoms with Gasteiger partial charge in [-0.1, -0.05) is 0 Å². The van der Waals surface area contributed by atoms with E-state index >= 15 is 0 Å². The Morgan fingerprint density at radius 1 is 1.16 bits per heavy atom. The van der Waals surface area contributed by atoms with Crippen LogP contribution in [-0.4, -0.2) is 47.3 Å². The van der Waals surface area contributed by atoms with Crippen molar-refractivity contribution < 1.29 is 19.1 Å². The van der Waals surface area contributed by atoms with Gasteiger partial charge in [-0.25, -0.2) is 4.98 Å². The normalized spacial score (nSPS) is 18.6. The second-order valence-electron chi connectivity index (χ2n) is 7.95. The Balaban J connectivity index is 1.44. The molecule has 2 N–H and O–H groups in total. The molecule has 9 heteroatoms. The van der Waals surface area contributed by atoms with Gasteiger partial charge in [0.25, 0.3) is 0 Å². The number of nitrogens with zero attached hydrogens (tertiary/aromatic N) is 2. The molecule has 0 aliphatic carbocycles. The van der Waals surface area contributed by atoms with Crippen molar-refractivity contribution >= 4 is 34.2 Å². The standard InChI is InChI=1S/C22H26N4O4S/c1-13(27)23-18-7-10-30-20-4-3-16(11-17(18)20)19-12-31-22(24-19)25-21(29)15-5-8-26(9-6-15)14(2)28/h3-4,11-12,15,18H,5-10H2,1-2H3,(H,23,27)(H,24,25,29). The molecule has 1 atom stereocenters. The minimum absolute atomic E-state index is 0.0475. The lowest BCUT2D eigenvalue weighted by atomic mass is 9.96. The van der Waals surface area contributed by atoms with E-state index in [1.165, 1.54) is 18.3 Å². The highest BCUT2D eigenvalue weighted by molar-refractivity contribution is 7.14. The second kappa shape index (κ2) is 9.05. The summed E-state index contributed by atoms with van der Waals surface area (Å²) < 4.78 is 5.72. The van der Waals surface area contributed by atoms with Gasteiger partial charge < -0.3 is 20.3 Å². The summed E-state index contributed by atoms with van der Waals surface area (Å²) in [4.78, 5) is 42.0. The van der Waals surface area contributed by atoms with Crippen molar-refractivity contribution in [3.05, 3.63) is 29.1 Å². The first-order valence-corrected chi connectivity index (χ1v) is 11.3. The maximum Gasteiger partial charge on any atom is 0.229 e. The number of nitrogens with one attached hydrogen (secondary N) is 2. The fourth-order valence-electron chi connectivity index (χ4n) is 4.08. The Bertz CT molecular complexity index is 997. The molecule has 0 radical (unpaired) electrons. The van der Waals surface area contributed by atoms with Gasteiger partial charge in [0.2, 0.25) is 17.7 Å². The zero-order valence-corrected chi connectivity index (χ0v) is 18.5. The van der Waals surface area contributed by atoms with Crippen LogP contribution >= 0.6 is 11.3 Å². The molecule has 1 fully saturated rings. The van der Waals surface area contributed by atoms with Crippen molar-refractivity contribution in [1.82, 2.24) is 15.2 Å². The Morgan fingerprint density at radius 3 is 2.65 bits per heavy atom. The number of thiazole rings is 1. The summed E-state index contributed by atoms with van der Waals surface area (Å²) in [7, 11) is 0. The van der Waals surface area contributed by atoms with Gasteiger partial charge in [0, 0.05) is 55.8 Å². The molecule has 2 aromatic rings. The molecule has 1 saturated heterocycles. The Hall–Kier alpha value is -2.94. The maximum atomic E-state index is 12.6. The van der Waals surface area contributed by atoms with Crippen LogP contribution in [0.4, 0.5) is 5.13 Å². The van der Waals surface area contributed by atoms with Crippen LogP contribution in [0.5, 0.6) is 5.75 Å². The highest BCUT2D eigenvalue weighted by Crippen LogP contribution is 2.36. The van der Waals surface area contributed by atoms with Crippen molar-refractivity contribution in [3.8, 4) is 17.0 Å². The van der Waals surface area contributed by atoms with Crippen molar-refractivity contribution in [3.63, 3.8) is 0 Å². The number of amides is 3. The van der Waals surface area contributed by atoms with Crippen LogP contribution in [-0.2, 0) is 14.4 Å². The topological polar surface area (TPSA) is 101 Å². The van der Waals surface area contributed by atoms with Crippen LogP contribution in [0.3, 0.4) is 0 Å². The number of benzene rings is 1. The molecule has 1 aromatic heterocycles. The third kappa shape index (κ3) is 4.87. The number of rotatable bonds is 4. The molecule has 0 spiro atoms. The van der Waals surface area contributed by atoms with E-state index in [9.17, 15) is 14.4 Å². The molecule has 4 rings (SSSR count). The van der Waals surface area contributed by atoms with E-state index < -0.39 is 0 Å². The quantitative estimate of drug-likeness (QED) is 0.758. The number of likely N-dealkylation sites (tertiary alicyclic amines) is 1. The lowest BCUT2D eigenvalue weighted by molar-refractivity contribution is -0.132. The predicted molar refractivity (Wildman–Crippen MR) is 118 cm³/mol. The Kier molecular flexibility index (Phi) is 6.22. The largest absolute Gasteiger partial charge is 0.493 e. The molecule has 1 aromatic carbocycles. The number of hydrogen-bond donors (Lipinski definition) is 2. The van der Waals surface area contributed by atoms with Crippen LogP contribution < -0.4 is 15.4 Å². The van der Waals surface area contributed by atoms with Gasteiger partial charge >= 0.3 is 0 Å². The average Bonchev–Trinajstić information content (AvgIpc) is 3.22. The van der Waals surface area contributed by atoms with E-state index in [1.54, 1.807) is 11.8 Å². The molecule has 1 unspecified atom stereocenters. The Morgan fingerprint density at radius 2 is 1.94 bits per heavy atom. The minimum atomic E-state index is -0.109. The van der Waals surface area contributed by atoms with Crippen molar-refractivity contribution in [2.75, 3.05) is 25.0 Å². The summed E-state index contributed by atoms with van der Waals surface area (Å²) in [6.07, 6.45) is 2.05. The summed E-state index contributed by atoms with van der Waals surface area (Å²) in [6, 6.07) is 5.75. The lowest BCUT2D eigenvalue weighted by Gasteiger charge is -2.30. The minimum Gasteiger partial charge on any atom is -0.493 e. The van der Waals surface area contributed by atoms with Gasteiger partial charge in [0.1, 0.15) is 5.75 Å². The van der Waals surface area contributed by atoms with Crippen LogP contribution in [0.25, 0.3) is 11.3 Å². The number of carbonyl (C=O) groups excluding carboxylic acids is 3. The van der Waals surface area contributed by atoms with Gasteiger partial charge in [-0.2, -0.15) is 0 Å². The van der Waals surface area contributed by atoms with Crippen LogP contribution in [0.2, 0.25) is 0 Å². The first kappa shape index (κ1) is 21.3. The molecule has 8 nitrogen and oxygen atoms in total. The molecule has 2 aliphatic heterocycles. The second-order valence-corrected chi connectivity index (χ2v) is 8.81. The maximum absolute atomic E-state index is 12.6. The fourth-order valence-corrected chi connectivity index (χ4v) is 4.80. The Labute approximate surface area is 185 Å². The smallest absolute Gasteiger partial charge is 0.229 e. The number of anilines is 1. The van der Waals surface area contributed by atoms with Gasteiger partial charge in [0.15, 0.2) is 5.13 Å². The zero-order valence-electron chi connectivity index (χ0n) is 17.6. The van der Waals surface area contributed by atoms with Gasteiger partial charge in [-0.3, -0.25) is 14.4 Å². The first-order chi connectivity index (χ1) is 14.9. The fraction of sp³-hybridized carbons (Fsp3) is 0.455. The van der Waals surface area contributed by atoms with Crippen molar-refractivity contribution in [2.45, 2.75) is 39.2 Å². The SMILES string of the molecule is CC(=O)NC1CCOc2ccc(-c3csc(NC(=O)C4CCN(C(C)=O)CC4)n3)cc21. The van der Waals surface area contributed by atoms with Crippen LogP contribution in [0.1, 0.15) is 44.7 Å². The first-order valence-electron chi connectivity index (χ1n) is 10.5. The summed E-state index contributed by atoms with van der Waals surface area (Å²) in [5, 5.41) is 8.37. The van der Waals surface area contributed by atoms with Gasteiger partial charge in [-0.05, 0) is 31.0 Å². The molecular formula is C22H26N4O4S. The van der Waals surface area contributed by atoms with Crippen molar-refractivity contribution in [2.24, 2.45) is 5.92 Å². The molecule has 3 amide bonds. The zero-order chi connectivity index (χ0) is 22.0. The van der Waals surface area contributed by atoms with E-state index in [0.717, 1.165) is 29.0 Å². The lowest BCUT2D eigenvalue weighted by Crippen LogP contribution is -2.40. The molecule has 3 heterocycles. The van der Waals surface area contributed by atoms with E-state index in [1.807, 2.05) is 23.6 Å². The highest BCUT2D eigenvalue weighted by atomic mass is 32.1. The summed E-state index contributed by atoms with van der Waals surface area (Å²) in [6.45, 7) is 4.86. The summed E-state index contributed by atoms with van der Waals surface area (Å²) in [5.41, 5.74) is 2.61. The van der Waals surface area contributed by atoms with Gasteiger partial charge in [-0.15, -0.1) is 11.3 Å². The van der Waals surface area contributed by atoms with Crippen molar-refractivity contribution in [1.29, 1.82) is 0 Å². The average molecular weight is 443 g/mol. The monoisotopic (exact) mass is 442 g/mol. The van der Waals surface area contributed by atoms with Crippen LogP contribution in [0.15, 0.2) is 23.6 Å². The number of carbonyl (C=O) groups is 3. The van der Waals surface area contributed by atoms with Gasteiger partial charge in [0.05, 0.1) is 18.3 Å². The summed E-state index contributed by atoms with van der Waals surface area (Å²) >= 11 is 1.38. The molecule has 164 valence electrons. The number of piperidine rings is 1. The molecule has 2 aliphatic rings. The molecule has 0 saturated carbocycles. The van der Waals surface area contributed by atoms with E-state index in [-0.39, 0.29) is 29.7 Å².